The fourth-order valence-corrected chi connectivity index (χ4v) is 3.57. The Balaban J connectivity index is 1.93. The number of aliphatic hydroxyl groups excluding tert-OH is 1. The molecule has 0 bridgehead atoms. The van der Waals surface area contributed by atoms with Gasteiger partial charge in [-0.05, 0) is 42.0 Å². The number of nitrogens with zero attached hydrogens (tertiary/aromatic N) is 1. The Labute approximate surface area is 172 Å². The van der Waals surface area contributed by atoms with Gasteiger partial charge in [-0.1, -0.05) is 36.4 Å². The topological polar surface area (TPSA) is 66.8 Å². The smallest absolute Gasteiger partial charge is 0.300 e. The van der Waals surface area contributed by atoms with Crippen molar-refractivity contribution in [3.63, 3.8) is 0 Å². The summed E-state index contributed by atoms with van der Waals surface area (Å²) in [7, 11) is 1.51. The SMILES string of the molecule is COc1cccc(N2C(=O)C(=O)/C(=C(/O)c3ccc(F)cc3)C2c2ccccc2)c1. The number of rotatable bonds is 4. The van der Waals surface area contributed by atoms with E-state index in [1.54, 1.807) is 48.5 Å². The van der Waals surface area contributed by atoms with E-state index in [2.05, 4.69) is 0 Å². The second-order valence-corrected chi connectivity index (χ2v) is 6.79. The van der Waals surface area contributed by atoms with Crippen LogP contribution in [0.5, 0.6) is 5.75 Å². The quantitative estimate of drug-likeness (QED) is 0.397. The summed E-state index contributed by atoms with van der Waals surface area (Å²) in [5.41, 5.74) is 1.31. The van der Waals surface area contributed by atoms with E-state index in [-0.39, 0.29) is 16.9 Å². The van der Waals surface area contributed by atoms with Crippen LogP contribution in [-0.2, 0) is 9.59 Å². The van der Waals surface area contributed by atoms with Crippen LogP contribution in [0.15, 0.2) is 84.4 Å². The molecule has 0 radical (unpaired) electrons. The zero-order chi connectivity index (χ0) is 21.3. The predicted molar refractivity (Wildman–Crippen MR) is 111 cm³/mol. The van der Waals surface area contributed by atoms with Crippen molar-refractivity contribution in [1.82, 2.24) is 0 Å². The van der Waals surface area contributed by atoms with E-state index >= 15 is 0 Å². The molecule has 6 heteroatoms. The maximum Gasteiger partial charge on any atom is 0.300 e. The third kappa shape index (κ3) is 3.33. The number of aliphatic hydroxyl groups is 1. The number of Topliss-reactive ketones (excluding diaryl/α,β-unsaturated/α-hetero) is 1. The minimum absolute atomic E-state index is 0.0550. The first-order valence-corrected chi connectivity index (χ1v) is 9.27. The lowest BCUT2D eigenvalue weighted by atomic mass is 9.95. The van der Waals surface area contributed by atoms with Gasteiger partial charge >= 0.3 is 0 Å². The van der Waals surface area contributed by atoms with Crippen LogP contribution in [0.1, 0.15) is 17.2 Å². The molecule has 0 spiro atoms. The van der Waals surface area contributed by atoms with E-state index in [0.717, 1.165) is 0 Å². The summed E-state index contributed by atoms with van der Waals surface area (Å²) in [5.74, 6) is -1.87. The molecular weight excluding hydrogens is 385 g/mol. The highest BCUT2D eigenvalue weighted by molar-refractivity contribution is 6.51. The molecule has 1 fully saturated rings. The molecule has 5 nitrogen and oxygen atoms in total. The molecule has 0 saturated carbocycles. The Bertz CT molecular complexity index is 1140. The standard InChI is InChI=1S/C24H18FNO4/c1-30-19-9-5-8-18(14-19)26-21(15-6-3-2-4-7-15)20(23(28)24(26)29)22(27)16-10-12-17(25)13-11-16/h2-14,21,27H,1H3/b22-20+. The van der Waals surface area contributed by atoms with E-state index in [0.29, 0.717) is 17.0 Å². The minimum atomic E-state index is -0.844. The maximum absolute atomic E-state index is 13.3. The largest absolute Gasteiger partial charge is 0.507 e. The fourth-order valence-electron chi connectivity index (χ4n) is 3.57. The van der Waals surface area contributed by atoms with Crippen molar-refractivity contribution < 1.29 is 23.8 Å². The summed E-state index contributed by atoms with van der Waals surface area (Å²) in [4.78, 5) is 27.4. The number of benzene rings is 3. The van der Waals surface area contributed by atoms with Crippen LogP contribution in [0, 0.1) is 5.82 Å². The molecule has 30 heavy (non-hydrogen) atoms. The number of carbonyl (C=O) groups is 2. The molecule has 1 N–H and O–H groups in total. The van der Waals surface area contributed by atoms with Gasteiger partial charge in [-0.3, -0.25) is 14.5 Å². The number of amides is 1. The molecule has 4 rings (SSSR count). The molecule has 150 valence electrons. The fraction of sp³-hybridized carbons (Fsp3) is 0.0833. The molecule has 1 atom stereocenters. The molecule has 1 aliphatic rings. The first kappa shape index (κ1) is 19.4. The highest BCUT2D eigenvalue weighted by atomic mass is 19.1. The average molecular weight is 403 g/mol. The van der Waals surface area contributed by atoms with E-state index in [1.165, 1.54) is 36.3 Å². The highest BCUT2D eigenvalue weighted by Crippen LogP contribution is 2.42. The van der Waals surface area contributed by atoms with Gasteiger partial charge in [0.05, 0.1) is 18.7 Å². The van der Waals surface area contributed by atoms with Gasteiger partial charge < -0.3 is 9.84 Å². The number of ketones is 1. The van der Waals surface area contributed by atoms with E-state index in [1.807, 2.05) is 6.07 Å². The van der Waals surface area contributed by atoms with Crippen LogP contribution < -0.4 is 9.64 Å². The normalized spacial score (nSPS) is 17.9. The van der Waals surface area contributed by atoms with E-state index in [9.17, 15) is 19.1 Å². The lowest BCUT2D eigenvalue weighted by Crippen LogP contribution is -2.29. The first-order valence-electron chi connectivity index (χ1n) is 9.27. The summed E-state index contributed by atoms with van der Waals surface area (Å²) >= 11 is 0. The summed E-state index contributed by atoms with van der Waals surface area (Å²) in [5, 5.41) is 10.9. The minimum Gasteiger partial charge on any atom is -0.507 e. The Morgan fingerprint density at radius 3 is 2.33 bits per heavy atom. The zero-order valence-corrected chi connectivity index (χ0v) is 16.1. The van der Waals surface area contributed by atoms with Gasteiger partial charge in [0.1, 0.15) is 17.3 Å². The molecule has 0 aromatic heterocycles. The summed E-state index contributed by atoms with van der Waals surface area (Å²) in [6.45, 7) is 0. The Morgan fingerprint density at radius 1 is 0.967 bits per heavy atom. The number of hydrogen-bond donors (Lipinski definition) is 1. The van der Waals surface area contributed by atoms with Crippen LogP contribution in [0.25, 0.3) is 5.76 Å². The van der Waals surface area contributed by atoms with Gasteiger partial charge in [-0.2, -0.15) is 0 Å². The Morgan fingerprint density at radius 2 is 1.67 bits per heavy atom. The van der Waals surface area contributed by atoms with Crippen molar-refractivity contribution in [2.24, 2.45) is 0 Å². The van der Waals surface area contributed by atoms with Crippen LogP contribution >= 0.6 is 0 Å². The van der Waals surface area contributed by atoms with Gasteiger partial charge in [0, 0.05) is 17.3 Å². The average Bonchev–Trinajstić information content (AvgIpc) is 3.05. The van der Waals surface area contributed by atoms with Crippen molar-refractivity contribution in [1.29, 1.82) is 0 Å². The molecule has 1 amide bonds. The van der Waals surface area contributed by atoms with Gasteiger partial charge in [0.2, 0.25) is 0 Å². The predicted octanol–water partition coefficient (Wildman–Crippen LogP) is 4.46. The monoisotopic (exact) mass is 403 g/mol. The van der Waals surface area contributed by atoms with Gasteiger partial charge in [-0.15, -0.1) is 0 Å². The molecule has 1 saturated heterocycles. The molecule has 1 aliphatic heterocycles. The molecule has 3 aromatic carbocycles. The number of hydrogen-bond acceptors (Lipinski definition) is 4. The van der Waals surface area contributed by atoms with Crippen molar-refractivity contribution in [3.8, 4) is 5.75 Å². The van der Waals surface area contributed by atoms with Gasteiger partial charge in [0.15, 0.2) is 0 Å². The second kappa shape index (κ2) is 7.83. The van der Waals surface area contributed by atoms with Crippen LogP contribution in [0.3, 0.4) is 0 Å². The van der Waals surface area contributed by atoms with Crippen molar-refractivity contribution in [2.45, 2.75) is 6.04 Å². The maximum atomic E-state index is 13.3. The number of anilines is 1. The van der Waals surface area contributed by atoms with Gasteiger partial charge in [0.25, 0.3) is 11.7 Å². The third-order valence-electron chi connectivity index (χ3n) is 5.01. The molecule has 0 aliphatic carbocycles. The molecular formula is C24H18FNO4. The first-order chi connectivity index (χ1) is 14.5. The summed E-state index contributed by atoms with van der Waals surface area (Å²) < 4.78 is 18.6. The second-order valence-electron chi connectivity index (χ2n) is 6.79. The number of ether oxygens (including phenoxy) is 1. The van der Waals surface area contributed by atoms with Crippen molar-refractivity contribution >= 4 is 23.1 Å². The highest BCUT2D eigenvalue weighted by Gasteiger charge is 2.47. The zero-order valence-electron chi connectivity index (χ0n) is 16.1. The number of carbonyl (C=O) groups excluding carboxylic acids is 2. The lowest BCUT2D eigenvalue weighted by molar-refractivity contribution is -0.132. The van der Waals surface area contributed by atoms with Crippen LogP contribution in [0.2, 0.25) is 0 Å². The summed E-state index contributed by atoms with van der Waals surface area (Å²) in [6, 6.07) is 20.0. The third-order valence-corrected chi connectivity index (χ3v) is 5.01. The number of methoxy groups -OCH3 is 1. The van der Waals surface area contributed by atoms with Crippen LogP contribution in [0.4, 0.5) is 10.1 Å². The number of halogens is 1. The summed E-state index contributed by atoms with van der Waals surface area (Å²) in [6.07, 6.45) is 0. The molecule has 1 heterocycles. The molecule has 1 unspecified atom stereocenters. The van der Waals surface area contributed by atoms with Crippen LogP contribution in [-0.4, -0.2) is 23.9 Å². The van der Waals surface area contributed by atoms with E-state index in [4.69, 9.17) is 4.74 Å². The van der Waals surface area contributed by atoms with Gasteiger partial charge in [-0.25, -0.2) is 4.39 Å². The van der Waals surface area contributed by atoms with Crippen molar-refractivity contribution in [2.75, 3.05) is 12.0 Å². The van der Waals surface area contributed by atoms with Crippen molar-refractivity contribution in [3.05, 3.63) is 101 Å². The van der Waals surface area contributed by atoms with E-state index < -0.39 is 23.5 Å². The Hall–Kier alpha value is -3.93. The lowest BCUT2D eigenvalue weighted by Gasteiger charge is -2.25. The Kier molecular flexibility index (Phi) is 5.06. The molecule has 3 aromatic rings.